The van der Waals surface area contributed by atoms with Gasteiger partial charge in [-0.2, -0.15) is 13.1 Å². The van der Waals surface area contributed by atoms with E-state index in [0.717, 1.165) is 39.1 Å². The lowest BCUT2D eigenvalue weighted by atomic mass is 9.97. The summed E-state index contributed by atoms with van der Waals surface area (Å²) < 4.78 is 77.1. The van der Waals surface area contributed by atoms with Crippen molar-refractivity contribution >= 4 is 16.4 Å². The third kappa shape index (κ3) is 12.5. The number of ether oxygens (including phenoxy) is 7. The van der Waals surface area contributed by atoms with Crippen LogP contribution >= 0.6 is 0 Å². The molecule has 3 heterocycles. The van der Waals surface area contributed by atoms with Crippen LogP contribution in [0.4, 0.5) is 4.79 Å². The Bertz CT molecular complexity index is 2430. The Balaban J connectivity index is 1.11. The second-order valence-corrected chi connectivity index (χ2v) is 16.0. The van der Waals surface area contributed by atoms with E-state index >= 15 is 0 Å². The van der Waals surface area contributed by atoms with Crippen LogP contribution in [0.25, 0.3) is 0 Å². The zero-order valence-corrected chi connectivity index (χ0v) is 34.5. The van der Waals surface area contributed by atoms with Crippen molar-refractivity contribution in [2.45, 2.75) is 81.7 Å². The molecule has 7 rings (SSSR count). The van der Waals surface area contributed by atoms with Crippen molar-refractivity contribution in [3.63, 3.8) is 0 Å². The molecule has 1 amide bonds. The molecule has 19 heteroatoms. The molecule has 0 spiro atoms. The summed E-state index contributed by atoms with van der Waals surface area (Å²) in [7, 11) is -4.99. The fraction of sp³-hybridized carbons (Fsp3) is 0.341. The van der Waals surface area contributed by atoms with Gasteiger partial charge in [-0.3, -0.25) is 18.5 Å². The Morgan fingerprint density at radius 3 is 1.68 bits per heavy atom. The molecule has 2 fully saturated rings. The maximum atomic E-state index is 13.5. The minimum Gasteiger partial charge on any atom is -0.416 e. The second-order valence-electron chi connectivity index (χ2n) is 14.6. The number of benzene rings is 4. The number of hydrogen-bond acceptors (Lipinski definition) is 15. The summed E-state index contributed by atoms with van der Waals surface area (Å²) in [6.07, 6.45) is -12.6. The van der Waals surface area contributed by atoms with E-state index < -0.39 is 89.5 Å². The molecule has 4 N–H and O–H groups in total. The lowest BCUT2D eigenvalue weighted by Crippen LogP contribution is -2.62. The van der Waals surface area contributed by atoms with Crippen LogP contribution in [-0.4, -0.2) is 96.5 Å². The standard InChI is InChI=1S/C44H47N3O15S/c48-35-21-22-47(43(51)45-35)41-37(50)36(49)33(60-41)28-59-63(53,54)46-44(52)62-42-40(58-26-32-19-11-4-12-20-32)39(57-25-31-17-9-3-10-18-31)38(56-24-30-15-7-2-8-16-30)34(61-42)27-55-23-29-13-5-1-6-14-29/h1-22,33-34,36-42,49-50H,23-28H2,(H,46,52)(H,45,48,51)/t33-,34-,36-,37-,38-,39+,40-,41?,42-/m1/s1. The molecule has 5 aromatic rings. The number of aliphatic hydroxyl groups is 2. The summed E-state index contributed by atoms with van der Waals surface area (Å²) in [5.74, 6) is 0. The highest BCUT2D eigenvalue weighted by Crippen LogP contribution is 2.32. The van der Waals surface area contributed by atoms with E-state index in [4.69, 9.17) is 37.3 Å². The van der Waals surface area contributed by atoms with Crippen LogP contribution in [-0.2, 0) is 74.1 Å². The summed E-state index contributed by atoms with van der Waals surface area (Å²) in [5, 5.41) is 21.2. The first-order valence-electron chi connectivity index (χ1n) is 20.0. The Labute approximate surface area is 362 Å². The molecule has 2 aliphatic heterocycles. The van der Waals surface area contributed by atoms with Crippen LogP contribution in [0.1, 0.15) is 28.5 Å². The first kappa shape index (κ1) is 45.4. The van der Waals surface area contributed by atoms with E-state index in [2.05, 4.69) is 0 Å². The van der Waals surface area contributed by atoms with Gasteiger partial charge >= 0.3 is 22.1 Å². The molecule has 334 valence electrons. The van der Waals surface area contributed by atoms with E-state index in [9.17, 15) is 33.0 Å². The van der Waals surface area contributed by atoms with Gasteiger partial charge < -0.3 is 43.4 Å². The second kappa shape index (κ2) is 21.7. The molecule has 0 saturated carbocycles. The van der Waals surface area contributed by atoms with Crippen LogP contribution < -0.4 is 16.0 Å². The molecule has 63 heavy (non-hydrogen) atoms. The topological polar surface area (TPSA) is 232 Å². The predicted octanol–water partition coefficient (Wildman–Crippen LogP) is 2.84. The summed E-state index contributed by atoms with van der Waals surface area (Å²) >= 11 is 0. The zero-order chi connectivity index (χ0) is 44.2. The predicted molar refractivity (Wildman–Crippen MR) is 222 cm³/mol. The largest absolute Gasteiger partial charge is 0.425 e. The molecule has 9 atom stereocenters. The van der Waals surface area contributed by atoms with Crippen molar-refractivity contribution in [3.05, 3.63) is 177 Å². The van der Waals surface area contributed by atoms with Gasteiger partial charge in [0, 0.05) is 12.3 Å². The lowest BCUT2D eigenvalue weighted by Gasteiger charge is -2.45. The van der Waals surface area contributed by atoms with Crippen LogP contribution in [0, 0.1) is 0 Å². The zero-order valence-electron chi connectivity index (χ0n) is 33.7. The van der Waals surface area contributed by atoms with Gasteiger partial charge in [-0.25, -0.2) is 9.59 Å². The molecule has 0 radical (unpaired) electrons. The van der Waals surface area contributed by atoms with Gasteiger partial charge in [0.2, 0.25) is 6.29 Å². The number of carbonyl (C=O) groups is 1. The number of rotatable bonds is 19. The molecular formula is C44H47N3O15S. The maximum Gasteiger partial charge on any atom is 0.425 e. The highest BCUT2D eigenvalue weighted by Gasteiger charge is 2.51. The molecule has 1 unspecified atom stereocenters. The minimum absolute atomic E-state index is 0.00524. The van der Waals surface area contributed by atoms with E-state index in [1.165, 1.54) is 0 Å². The number of aromatic amines is 1. The first-order chi connectivity index (χ1) is 30.5. The molecule has 2 saturated heterocycles. The number of carbonyl (C=O) groups excluding carboxylic acids is 1. The third-order valence-electron chi connectivity index (χ3n) is 10.1. The van der Waals surface area contributed by atoms with Crippen molar-refractivity contribution in [1.29, 1.82) is 0 Å². The quantitative estimate of drug-likeness (QED) is 0.0934. The number of nitrogens with zero attached hydrogens (tertiary/aromatic N) is 1. The molecular weight excluding hydrogens is 843 g/mol. The summed E-state index contributed by atoms with van der Waals surface area (Å²) in [6, 6.07) is 38.4. The Kier molecular flexibility index (Phi) is 15.6. The van der Waals surface area contributed by atoms with E-state index in [0.29, 0.717) is 0 Å². The SMILES string of the molecule is O=C(NS(=O)(=O)OC[C@H]1OC(n2ccc(=O)[nH]c2=O)[C@H](O)[C@@H]1O)O[C@H]1O[C@H](COCc2ccccc2)[C@@H](OCc2ccccc2)[C@H](OCc2ccccc2)[C@H]1OCc1ccccc1. The highest BCUT2D eigenvalue weighted by molar-refractivity contribution is 7.85. The van der Waals surface area contributed by atoms with Gasteiger partial charge in [-0.15, -0.1) is 0 Å². The Hall–Kier alpha value is -5.58. The van der Waals surface area contributed by atoms with Crippen molar-refractivity contribution in [2.75, 3.05) is 13.2 Å². The minimum atomic E-state index is -4.99. The molecule has 4 aromatic carbocycles. The number of H-pyrrole nitrogens is 1. The molecule has 1 aromatic heterocycles. The highest BCUT2D eigenvalue weighted by atomic mass is 32.2. The van der Waals surface area contributed by atoms with E-state index in [1.807, 2.05) is 126 Å². The Morgan fingerprint density at radius 2 is 1.14 bits per heavy atom. The van der Waals surface area contributed by atoms with E-state index in [-0.39, 0.29) is 33.0 Å². The van der Waals surface area contributed by atoms with Crippen LogP contribution in [0.2, 0.25) is 0 Å². The van der Waals surface area contributed by atoms with Crippen molar-refractivity contribution in [2.24, 2.45) is 0 Å². The fourth-order valence-corrected chi connectivity index (χ4v) is 7.61. The van der Waals surface area contributed by atoms with Gasteiger partial charge in [0.25, 0.3) is 5.56 Å². The van der Waals surface area contributed by atoms with Gasteiger partial charge in [-0.1, -0.05) is 121 Å². The molecule has 2 aliphatic rings. The van der Waals surface area contributed by atoms with Crippen molar-refractivity contribution < 1.29 is 60.8 Å². The third-order valence-corrected chi connectivity index (χ3v) is 11.0. The van der Waals surface area contributed by atoms with E-state index in [1.54, 1.807) is 4.72 Å². The maximum absolute atomic E-state index is 13.5. The molecule has 18 nitrogen and oxygen atoms in total. The van der Waals surface area contributed by atoms with Gasteiger partial charge in [-0.05, 0) is 22.3 Å². The molecule has 0 bridgehead atoms. The number of amides is 1. The molecule has 0 aliphatic carbocycles. The van der Waals surface area contributed by atoms with Gasteiger partial charge in [0.05, 0.1) is 39.6 Å². The summed E-state index contributed by atoms with van der Waals surface area (Å²) in [5.41, 5.74) is 1.68. The van der Waals surface area contributed by atoms with Gasteiger partial charge in [0.1, 0.15) is 42.7 Å². The van der Waals surface area contributed by atoms with Crippen LogP contribution in [0.5, 0.6) is 0 Å². The van der Waals surface area contributed by atoms with Crippen LogP contribution in [0.3, 0.4) is 0 Å². The lowest BCUT2D eigenvalue weighted by molar-refractivity contribution is -0.315. The summed E-state index contributed by atoms with van der Waals surface area (Å²) in [4.78, 5) is 39.3. The van der Waals surface area contributed by atoms with Crippen molar-refractivity contribution in [1.82, 2.24) is 14.3 Å². The Morgan fingerprint density at radius 1 is 0.635 bits per heavy atom. The first-order valence-corrected chi connectivity index (χ1v) is 21.4. The fourth-order valence-electron chi connectivity index (χ4n) is 6.98. The normalized spacial score (nSPS) is 24.8. The number of nitrogens with one attached hydrogen (secondary N) is 2. The smallest absolute Gasteiger partial charge is 0.416 e. The monoisotopic (exact) mass is 889 g/mol. The number of aliphatic hydroxyl groups excluding tert-OH is 2. The number of hydrogen-bond donors (Lipinski definition) is 4. The summed E-state index contributed by atoms with van der Waals surface area (Å²) in [6.45, 7) is -0.547. The van der Waals surface area contributed by atoms with Crippen LogP contribution in [0.15, 0.2) is 143 Å². The average Bonchev–Trinajstić information content (AvgIpc) is 3.56. The van der Waals surface area contributed by atoms with Gasteiger partial charge in [0.15, 0.2) is 6.23 Å². The average molecular weight is 890 g/mol. The van der Waals surface area contributed by atoms with Crippen molar-refractivity contribution in [3.8, 4) is 0 Å². The number of aromatic nitrogens is 2.